The molecule has 1 heterocycles. The van der Waals surface area contributed by atoms with E-state index in [1.54, 1.807) is 0 Å². The van der Waals surface area contributed by atoms with Gasteiger partial charge >= 0.3 is 0 Å². The van der Waals surface area contributed by atoms with E-state index in [4.69, 9.17) is 9.84 Å². The van der Waals surface area contributed by atoms with Gasteiger partial charge in [0.25, 0.3) is 0 Å². The minimum absolute atomic E-state index is 0.148. The zero-order valence-electron chi connectivity index (χ0n) is 13.1. The van der Waals surface area contributed by atoms with Gasteiger partial charge in [0.1, 0.15) is 10.7 Å². The highest BCUT2D eigenvalue weighted by Crippen LogP contribution is 2.24. The lowest BCUT2D eigenvalue weighted by Crippen LogP contribution is -2.35. The minimum Gasteiger partial charge on any atom is -0.395 e. The summed E-state index contributed by atoms with van der Waals surface area (Å²) >= 11 is 0. The van der Waals surface area contributed by atoms with Crippen LogP contribution < -0.4 is 10.0 Å². The van der Waals surface area contributed by atoms with E-state index in [2.05, 4.69) is 10.0 Å². The molecule has 130 valence electrons. The van der Waals surface area contributed by atoms with Crippen LogP contribution in [0.2, 0.25) is 0 Å². The Morgan fingerprint density at radius 2 is 2.09 bits per heavy atom. The summed E-state index contributed by atoms with van der Waals surface area (Å²) in [6.45, 7) is 3.21. The van der Waals surface area contributed by atoms with Crippen LogP contribution in [0, 0.1) is 11.7 Å². The third kappa shape index (κ3) is 5.13. The van der Waals surface area contributed by atoms with Gasteiger partial charge in [0.2, 0.25) is 10.0 Å². The molecule has 1 aliphatic rings. The number of halogens is 1. The molecule has 1 atom stereocenters. The van der Waals surface area contributed by atoms with Gasteiger partial charge in [-0.25, -0.2) is 17.5 Å². The van der Waals surface area contributed by atoms with Gasteiger partial charge in [-0.2, -0.15) is 0 Å². The maximum atomic E-state index is 13.5. The summed E-state index contributed by atoms with van der Waals surface area (Å²) in [6.07, 6.45) is 1.83. The SMILES string of the molecule is C[C@@H](CO)NS(=O)(=O)c1cc(F)ccc1NCC1CCOCC1. The number of sulfonamides is 1. The van der Waals surface area contributed by atoms with Crippen LogP contribution in [0.1, 0.15) is 19.8 Å². The highest BCUT2D eigenvalue weighted by atomic mass is 32.2. The quantitative estimate of drug-likeness (QED) is 0.693. The Labute approximate surface area is 136 Å². The highest BCUT2D eigenvalue weighted by molar-refractivity contribution is 7.89. The summed E-state index contributed by atoms with van der Waals surface area (Å²) in [5, 5.41) is 12.1. The number of aliphatic hydroxyl groups excluding tert-OH is 1. The van der Waals surface area contributed by atoms with Crippen molar-refractivity contribution in [1.82, 2.24) is 4.72 Å². The van der Waals surface area contributed by atoms with E-state index in [0.717, 1.165) is 18.9 Å². The van der Waals surface area contributed by atoms with E-state index in [0.29, 0.717) is 31.4 Å². The van der Waals surface area contributed by atoms with Crippen LogP contribution in [0.3, 0.4) is 0 Å². The van der Waals surface area contributed by atoms with Crippen molar-refractivity contribution in [3.05, 3.63) is 24.0 Å². The zero-order chi connectivity index (χ0) is 16.9. The largest absolute Gasteiger partial charge is 0.395 e. The summed E-state index contributed by atoms with van der Waals surface area (Å²) in [7, 11) is -3.91. The Kier molecular flexibility index (Phi) is 6.34. The molecule has 1 aromatic carbocycles. The van der Waals surface area contributed by atoms with Gasteiger partial charge in [-0.1, -0.05) is 0 Å². The molecule has 0 aliphatic carbocycles. The van der Waals surface area contributed by atoms with Gasteiger partial charge < -0.3 is 15.2 Å². The summed E-state index contributed by atoms with van der Waals surface area (Å²) < 4.78 is 45.9. The van der Waals surface area contributed by atoms with Crippen LogP contribution in [0.15, 0.2) is 23.1 Å². The average molecular weight is 346 g/mol. The van der Waals surface area contributed by atoms with Gasteiger partial charge in [0.15, 0.2) is 0 Å². The number of nitrogens with one attached hydrogen (secondary N) is 2. The van der Waals surface area contributed by atoms with Gasteiger partial charge in [-0.05, 0) is 43.9 Å². The van der Waals surface area contributed by atoms with Crippen molar-refractivity contribution in [1.29, 1.82) is 0 Å². The lowest BCUT2D eigenvalue weighted by atomic mass is 10.0. The molecule has 2 rings (SSSR count). The summed E-state index contributed by atoms with van der Waals surface area (Å²) in [5.41, 5.74) is 0.357. The first-order chi connectivity index (χ1) is 10.9. The fourth-order valence-electron chi connectivity index (χ4n) is 2.43. The number of hydrogen-bond donors (Lipinski definition) is 3. The lowest BCUT2D eigenvalue weighted by Gasteiger charge is -2.23. The number of ether oxygens (including phenoxy) is 1. The van der Waals surface area contributed by atoms with Crippen molar-refractivity contribution in [2.45, 2.75) is 30.7 Å². The second-order valence-electron chi connectivity index (χ2n) is 5.78. The molecule has 0 bridgehead atoms. The van der Waals surface area contributed by atoms with E-state index in [1.807, 2.05) is 0 Å². The Morgan fingerprint density at radius 3 is 2.74 bits per heavy atom. The molecule has 0 unspecified atom stereocenters. The topological polar surface area (TPSA) is 87.7 Å². The third-order valence-corrected chi connectivity index (χ3v) is 5.41. The van der Waals surface area contributed by atoms with Crippen molar-refractivity contribution in [3.8, 4) is 0 Å². The number of aliphatic hydroxyl groups is 1. The van der Waals surface area contributed by atoms with Crippen LogP contribution in [-0.2, 0) is 14.8 Å². The molecule has 0 amide bonds. The lowest BCUT2D eigenvalue weighted by molar-refractivity contribution is 0.0699. The Balaban J connectivity index is 2.16. The smallest absolute Gasteiger partial charge is 0.243 e. The first kappa shape index (κ1) is 18.1. The minimum atomic E-state index is -3.91. The highest BCUT2D eigenvalue weighted by Gasteiger charge is 2.22. The molecular formula is C15H23FN2O4S. The van der Waals surface area contributed by atoms with Crippen LogP contribution in [0.5, 0.6) is 0 Å². The summed E-state index contributed by atoms with van der Waals surface area (Å²) in [4.78, 5) is -0.148. The molecule has 6 nitrogen and oxygen atoms in total. The summed E-state index contributed by atoms with van der Waals surface area (Å²) in [6, 6.07) is 2.98. The molecule has 23 heavy (non-hydrogen) atoms. The van der Waals surface area contributed by atoms with Crippen molar-refractivity contribution in [2.75, 3.05) is 31.7 Å². The van der Waals surface area contributed by atoms with E-state index in [9.17, 15) is 12.8 Å². The number of hydrogen-bond acceptors (Lipinski definition) is 5. The second-order valence-corrected chi connectivity index (χ2v) is 7.46. The maximum Gasteiger partial charge on any atom is 0.243 e. The van der Waals surface area contributed by atoms with Crippen molar-refractivity contribution in [3.63, 3.8) is 0 Å². The van der Waals surface area contributed by atoms with Crippen LogP contribution in [0.25, 0.3) is 0 Å². The summed E-state index contributed by atoms with van der Waals surface area (Å²) in [5.74, 6) is -0.229. The van der Waals surface area contributed by atoms with E-state index in [1.165, 1.54) is 19.1 Å². The normalized spacial score (nSPS) is 17.9. The number of benzene rings is 1. The molecule has 0 radical (unpaired) electrons. The molecule has 0 spiro atoms. The Bertz CT molecular complexity index is 618. The molecule has 1 aromatic rings. The van der Waals surface area contributed by atoms with Crippen molar-refractivity contribution < 1.29 is 22.7 Å². The third-order valence-electron chi connectivity index (χ3n) is 3.79. The first-order valence-corrected chi connectivity index (χ1v) is 9.15. The van der Waals surface area contributed by atoms with Gasteiger partial charge in [0.05, 0.1) is 12.3 Å². The van der Waals surface area contributed by atoms with Gasteiger partial charge in [-0.3, -0.25) is 0 Å². The molecule has 8 heteroatoms. The van der Waals surface area contributed by atoms with Crippen molar-refractivity contribution in [2.24, 2.45) is 5.92 Å². The molecule has 0 aromatic heterocycles. The van der Waals surface area contributed by atoms with Crippen molar-refractivity contribution >= 4 is 15.7 Å². The molecule has 1 fully saturated rings. The Hall–Kier alpha value is -1.22. The van der Waals surface area contributed by atoms with E-state index >= 15 is 0 Å². The monoisotopic (exact) mass is 346 g/mol. The molecule has 1 aliphatic heterocycles. The van der Waals surface area contributed by atoms with Crippen LogP contribution >= 0.6 is 0 Å². The van der Waals surface area contributed by atoms with E-state index < -0.39 is 21.9 Å². The predicted octanol–water partition coefficient (Wildman–Crippen LogP) is 1.32. The molecular weight excluding hydrogens is 323 g/mol. The predicted molar refractivity (Wildman–Crippen MR) is 85.3 cm³/mol. The molecule has 0 saturated carbocycles. The fourth-order valence-corrected chi connectivity index (χ4v) is 3.86. The zero-order valence-corrected chi connectivity index (χ0v) is 13.9. The fraction of sp³-hybridized carbons (Fsp3) is 0.600. The maximum absolute atomic E-state index is 13.5. The number of anilines is 1. The first-order valence-electron chi connectivity index (χ1n) is 7.66. The Morgan fingerprint density at radius 1 is 1.39 bits per heavy atom. The van der Waals surface area contributed by atoms with Gasteiger partial charge in [0, 0.05) is 25.8 Å². The second kappa shape index (κ2) is 8.05. The standard InChI is InChI=1S/C15H23FN2O4S/c1-11(10-19)18-23(20,21)15-8-13(16)2-3-14(15)17-9-12-4-6-22-7-5-12/h2-3,8,11-12,17-19H,4-7,9-10H2,1H3/t11-/m0/s1. The van der Waals surface area contributed by atoms with E-state index in [-0.39, 0.29) is 11.5 Å². The van der Waals surface area contributed by atoms with Gasteiger partial charge in [-0.15, -0.1) is 0 Å². The average Bonchev–Trinajstić information content (AvgIpc) is 2.54. The van der Waals surface area contributed by atoms with Crippen LogP contribution in [-0.4, -0.2) is 45.9 Å². The van der Waals surface area contributed by atoms with Crippen LogP contribution in [0.4, 0.5) is 10.1 Å². The molecule has 3 N–H and O–H groups in total. The number of rotatable bonds is 7. The molecule has 1 saturated heterocycles.